The molecule has 1 heterocycles. The summed E-state index contributed by atoms with van der Waals surface area (Å²) < 4.78 is 5.91. The van der Waals surface area contributed by atoms with Gasteiger partial charge in [-0.25, -0.2) is 0 Å². The van der Waals surface area contributed by atoms with Gasteiger partial charge in [0.15, 0.2) is 0 Å². The van der Waals surface area contributed by atoms with Gasteiger partial charge in [-0.15, -0.1) is 0 Å². The van der Waals surface area contributed by atoms with Gasteiger partial charge in [-0.1, -0.05) is 36.4 Å². The van der Waals surface area contributed by atoms with Crippen molar-refractivity contribution in [3.8, 4) is 5.75 Å². The molecule has 1 N–H and O–H groups in total. The Balaban J connectivity index is 1.46. The standard InChI is InChI=1S/C22H28N2O3/c1-2-23-22(26)18-10-6-14-24(16-18)21(25)13-7-15-27-20-12-5-9-17-8-3-4-11-19(17)20/h3-5,8-9,11-12,18H,2,6-7,10,13-16H2,1H3,(H,23,26). The van der Waals surface area contributed by atoms with Crippen molar-refractivity contribution in [1.82, 2.24) is 10.2 Å². The van der Waals surface area contributed by atoms with Crippen molar-refractivity contribution < 1.29 is 14.3 Å². The monoisotopic (exact) mass is 368 g/mol. The molecule has 2 aromatic rings. The van der Waals surface area contributed by atoms with Crippen LogP contribution in [0.4, 0.5) is 0 Å². The molecule has 5 heteroatoms. The van der Waals surface area contributed by atoms with Crippen LogP contribution in [-0.4, -0.2) is 43.0 Å². The van der Waals surface area contributed by atoms with Crippen LogP contribution in [0.3, 0.4) is 0 Å². The minimum Gasteiger partial charge on any atom is -0.493 e. The molecule has 0 spiro atoms. The van der Waals surface area contributed by atoms with Gasteiger partial charge < -0.3 is 15.0 Å². The van der Waals surface area contributed by atoms with Crippen LogP contribution < -0.4 is 10.1 Å². The van der Waals surface area contributed by atoms with Crippen molar-refractivity contribution in [2.45, 2.75) is 32.6 Å². The van der Waals surface area contributed by atoms with Gasteiger partial charge in [0.2, 0.25) is 11.8 Å². The van der Waals surface area contributed by atoms with Gasteiger partial charge in [0.1, 0.15) is 5.75 Å². The number of carbonyl (C=O) groups is 2. The molecule has 2 amide bonds. The second kappa shape index (κ2) is 9.40. The summed E-state index contributed by atoms with van der Waals surface area (Å²) in [4.78, 5) is 26.3. The SMILES string of the molecule is CCNC(=O)C1CCCN(C(=O)CCCOc2cccc3ccccc23)C1. The predicted molar refractivity (Wildman–Crippen MR) is 107 cm³/mol. The molecular formula is C22H28N2O3. The highest BCUT2D eigenvalue weighted by Crippen LogP contribution is 2.25. The molecule has 5 nitrogen and oxygen atoms in total. The van der Waals surface area contributed by atoms with Crippen LogP contribution >= 0.6 is 0 Å². The van der Waals surface area contributed by atoms with Gasteiger partial charge >= 0.3 is 0 Å². The topological polar surface area (TPSA) is 58.6 Å². The van der Waals surface area contributed by atoms with E-state index in [0.29, 0.717) is 32.5 Å². The molecule has 1 aliphatic rings. The second-order valence-corrected chi connectivity index (χ2v) is 7.00. The number of piperidine rings is 1. The number of ether oxygens (including phenoxy) is 1. The van der Waals surface area contributed by atoms with Crippen molar-refractivity contribution in [2.24, 2.45) is 5.92 Å². The first-order valence-electron chi connectivity index (χ1n) is 9.85. The normalized spacial score (nSPS) is 16.9. The van der Waals surface area contributed by atoms with Crippen molar-refractivity contribution in [3.05, 3.63) is 42.5 Å². The van der Waals surface area contributed by atoms with Gasteiger partial charge in [-0.2, -0.15) is 0 Å². The first-order valence-corrected chi connectivity index (χ1v) is 9.85. The number of fused-ring (bicyclic) bond motifs is 1. The summed E-state index contributed by atoms with van der Waals surface area (Å²) in [6.45, 7) is 4.34. The van der Waals surface area contributed by atoms with Crippen molar-refractivity contribution in [1.29, 1.82) is 0 Å². The number of carbonyl (C=O) groups excluding carboxylic acids is 2. The van der Waals surface area contributed by atoms with Crippen LogP contribution in [0.2, 0.25) is 0 Å². The lowest BCUT2D eigenvalue weighted by molar-refractivity contribution is -0.135. The van der Waals surface area contributed by atoms with Crippen LogP contribution in [0, 0.1) is 5.92 Å². The molecule has 0 bridgehead atoms. The maximum Gasteiger partial charge on any atom is 0.224 e. The average Bonchev–Trinajstić information content (AvgIpc) is 2.71. The largest absolute Gasteiger partial charge is 0.493 e. The lowest BCUT2D eigenvalue weighted by Gasteiger charge is -2.32. The fourth-order valence-corrected chi connectivity index (χ4v) is 3.62. The highest BCUT2D eigenvalue weighted by atomic mass is 16.5. The van der Waals surface area contributed by atoms with Crippen LogP contribution in [0.5, 0.6) is 5.75 Å². The first kappa shape index (κ1) is 19.2. The summed E-state index contributed by atoms with van der Waals surface area (Å²) in [5.41, 5.74) is 0. The Morgan fingerprint density at radius 3 is 2.85 bits per heavy atom. The number of likely N-dealkylation sites (tertiary alicyclic amines) is 1. The van der Waals surface area contributed by atoms with Gasteiger partial charge in [-0.05, 0) is 37.6 Å². The van der Waals surface area contributed by atoms with Crippen LogP contribution in [0.15, 0.2) is 42.5 Å². The summed E-state index contributed by atoms with van der Waals surface area (Å²) in [5, 5.41) is 5.10. The zero-order valence-electron chi connectivity index (χ0n) is 15.9. The van der Waals surface area contributed by atoms with Crippen molar-refractivity contribution >= 4 is 22.6 Å². The van der Waals surface area contributed by atoms with Gasteiger partial charge in [0.05, 0.1) is 12.5 Å². The minimum atomic E-state index is -0.0745. The highest BCUT2D eigenvalue weighted by molar-refractivity contribution is 5.88. The van der Waals surface area contributed by atoms with E-state index in [9.17, 15) is 9.59 Å². The molecule has 0 aromatic heterocycles. The van der Waals surface area contributed by atoms with Gasteiger partial charge in [0, 0.05) is 31.4 Å². The van der Waals surface area contributed by atoms with E-state index < -0.39 is 0 Å². The second-order valence-electron chi connectivity index (χ2n) is 7.00. The molecule has 3 rings (SSSR count). The summed E-state index contributed by atoms with van der Waals surface area (Å²) in [6, 6.07) is 14.1. The quantitative estimate of drug-likeness (QED) is 0.762. The van der Waals surface area contributed by atoms with E-state index in [1.165, 1.54) is 0 Å². The third kappa shape index (κ3) is 5.00. The molecule has 1 fully saturated rings. The smallest absolute Gasteiger partial charge is 0.224 e. The van der Waals surface area contributed by atoms with E-state index >= 15 is 0 Å². The van der Waals surface area contributed by atoms with E-state index in [1.54, 1.807) is 0 Å². The van der Waals surface area contributed by atoms with Crippen LogP contribution in [-0.2, 0) is 9.59 Å². The average molecular weight is 368 g/mol. The van der Waals surface area contributed by atoms with Gasteiger partial charge in [0.25, 0.3) is 0 Å². The van der Waals surface area contributed by atoms with E-state index in [4.69, 9.17) is 4.74 Å². The summed E-state index contributed by atoms with van der Waals surface area (Å²) >= 11 is 0. The molecule has 1 atom stereocenters. The molecule has 27 heavy (non-hydrogen) atoms. The summed E-state index contributed by atoms with van der Waals surface area (Å²) in [6.07, 6.45) is 2.87. The minimum absolute atomic E-state index is 0.0642. The van der Waals surface area contributed by atoms with Crippen LogP contribution in [0.25, 0.3) is 10.8 Å². The molecule has 1 unspecified atom stereocenters. The summed E-state index contributed by atoms with van der Waals surface area (Å²) in [7, 11) is 0. The Hall–Kier alpha value is -2.56. The van der Waals surface area contributed by atoms with Crippen molar-refractivity contribution in [2.75, 3.05) is 26.2 Å². The molecule has 144 valence electrons. The lowest BCUT2D eigenvalue weighted by Crippen LogP contribution is -2.45. The summed E-state index contributed by atoms with van der Waals surface area (Å²) in [5.74, 6) is 0.962. The lowest BCUT2D eigenvalue weighted by atomic mass is 9.97. The van der Waals surface area contributed by atoms with Gasteiger partial charge in [-0.3, -0.25) is 9.59 Å². The predicted octanol–water partition coefficient (Wildman–Crippen LogP) is 3.37. The Labute approximate surface area is 160 Å². The zero-order chi connectivity index (χ0) is 19.1. The number of nitrogens with zero attached hydrogens (tertiary/aromatic N) is 1. The molecule has 1 saturated heterocycles. The molecular weight excluding hydrogens is 340 g/mol. The fraction of sp³-hybridized carbons (Fsp3) is 0.455. The third-order valence-corrected chi connectivity index (χ3v) is 5.04. The van der Waals surface area contributed by atoms with Crippen molar-refractivity contribution in [3.63, 3.8) is 0 Å². The maximum absolute atomic E-state index is 12.5. The fourth-order valence-electron chi connectivity index (χ4n) is 3.62. The number of hydrogen-bond acceptors (Lipinski definition) is 3. The Morgan fingerprint density at radius 1 is 1.19 bits per heavy atom. The molecule has 1 aliphatic heterocycles. The number of benzene rings is 2. The Bertz CT molecular complexity index is 785. The van der Waals surface area contributed by atoms with E-state index in [0.717, 1.165) is 35.9 Å². The Morgan fingerprint density at radius 2 is 2.00 bits per heavy atom. The number of amides is 2. The molecule has 0 aliphatic carbocycles. The highest BCUT2D eigenvalue weighted by Gasteiger charge is 2.27. The number of nitrogens with one attached hydrogen (secondary N) is 1. The molecule has 2 aromatic carbocycles. The molecule has 0 saturated carbocycles. The van der Waals surface area contributed by atoms with Crippen LogP contribution in [0.1, 0.15) is 32.6 Å². The first-order chi connectivity index (χ1) is 13.2. The third-order valence-electron chi connectivity index (χ3n) is 5.04. The number of hydrogen-bond donors (Lipinski definition) is 1. The Kier molecular flexibility index (Phi) is 6.69. The zero-order valence-corrected chi connectivity index (χ0v) is 15.9. The van der Waals surface area contributed by atoms with E-state index in [1.807, 2.05) is 42.2 Å². The van der Waals surface area contributed by atoms with E-state index in [2.05, 4.69) is 17.4 Å². The number of rotatable bonds is 7. The maximum atomic E-state index is 12.5. The van der Waals surface area contributed by atoms with E-state index in [-0.39, 0.29) is 17.7 Å². The molecule has 0 radical (unpaired) electrons.